The predicted octanol–water partition coefficient (Wildman–Crippen LogP) is 3.77. The number of carbonyl (C=O) groups excluding carboxylic acids is 2. The minimum atomic E-state index is -0.0162. The van der Waals surface area contributed by atoms with Crippen molar-refractivity contribution < 1.29 is 9.59 Å². The fourth-order valence-corrected chi connectivity index (χ4v) is 3.90. The zero-order valence-electron chi connectivity index (χ0n) is 15.2. The molecule has 0 aromatic carbocycles. The van der Waals surface area contributed by atoms with Gasteiger partial charge in [-0.1, -0.05) is 59.6 Å². The van der Waals surface area contributed by atoms with Gasteiger partial charge < -0.3 is 9.80 Å². The van der Waals surface area contributed by atoms with Gasteiger partial charge in [0.1, 0.15) is 0 Å². The molecule has 132 valence electrons. The molecule has 0 heterocycles. The molecular formula is C16H32Br2N2O2. The van der Waals surface area contributed by atoms with Crippen LogP contribution in [0.25, 0.3) is 0 Å². The summed E-state index contributed by atoms with van der Waals surface area (Å²) < 4.78 is 0. The molecule has 0 rings (SSSR count). The molecule has 0 bridgehead atoms. The fourth-order valence-electron chi connectivity index (χ4n) is 1.59. The van der Waals surface area contributed by atoms with E-state index >= 15 is 0 Å². The van der Waals surface area contributed by atoms with Gasteiger partial charge >= 0.3 is 0 Å². The van der Waals surface area contributed by atoms with E-state index in [1.54, 1.807) is 38.0 Å². The van der Waals surface area contributed by atoms with Crippen LogP contribution in [-0.2, 0) is 9.59 Å². The first-order chi connectivity index (χ1) is 9.89. The van der Waals surface area contributed by atoms with Crippen molar-refractivity contribution in [2.24, 2.45) is 11.8 Å². The van der Waals surface area contributed by atoms with E-state index in [1.165, 1.54) is 0 Å². The molecule has 6 heteroatoms. The highest BCUT2D eigenvalue weighted by Gasteiger charge is 2.18. The van der Waals surface area contributed by atoms with Crippen LogP contribution in [0.4, 0.5) is 0 Å². The van der Waals surface area contributed by atoms with Crippen molar-refractivity contribution >= 4 is 43.7 Å². The van der Waals surface area contributed by atoms with Crippen molar-refractivity contribution in [2.75, 3.05) is 28.2 Å². The highest BCUT2D eigenvalue weighted by atomic mass is 79.9. The van der Waals surface area contributed by atoms with E-state index in [9.17, 15) is 9.59 Å². The Balaban J connectivity index is 0. The Morgan fingerprint density at radius 2 is 0.955 bits per heavy atom. The summed E-state index contributed by atoms with van der Waals surface area (Å²) in [6.07, 6.45) is 1.80. The summed E-state index contributed by atoms with van der Waals surface area (Å²) in [5, 5.41) is 0. The van der Waals surface area contributed by atoms with Crippen LogP contribution in [0.15, 0.2) is 0 Å². The van der Waals surface area contributed by atoms with Crippen molar-refractivity contribution in [3.8, 4) is 0 Å². The van der Waals surface area contributed by atoms with Crippen LogP contribution in [0, 0.1) is 11.8 Å². The van der Waals surface area contributed by atoms with E-state index < -0.39 is 0 Å². The van der Waals surface area contributed by atoms with E-state index in [0.717, 1.165) is 12.8 Å². The van der Waals surface area contributed by atoms with E-state index in [1.807, 2.05) is 0 Å². The van der Waals surface area contributed by atoms with Crippen molar-refractivity contribution in [3.05, 3.63) is 0 Å². The number of hydrogen-bond donors (Lipinski definition) is 0. The van der Waals surface area contributed by atoms with E-state index in [2.05, 4.69) is 59.6 Å². The van der Waals surface area contributed by atoms with Gasteiger partial charge in [0.2, 0.25) is 11.8 Å². The number of nitrogens with zero attached hydrogens (tertiary/aromatic N) is 2. The van der Waals surface area contributed by atoms with Crippen LogP contribution in [0.2, 0.25) is 0 Å². The van der Waals surface area contributed by atoms with Crippen molar-refractivity contribution in [1.82, 2.24) is 9.80 Å². The topological polar surface area (TPSA) is 40.6 Å². The molecule has 4 nitrogen and oxygen atoms in total. The molecule has 2 amide bonds. The lowest BCUT2D eigenvalue weighted by Crippen LogP contribution is -2.30. The Morgan fingerprint density at radius 1 is 0.727 bits per heavy atom. The van der Waals surface area contributed by atoms with Crippen LogP contribution in [0.3, 0.4) is 0 Å². The molecule has 0 fully saturated rings. The predicted molar refractivity (Wildman–Crippen MR) is 102 cm³/mol. The number of amides is 2. The van der Waals surface area contributed by atoms with E-state index in [4.69, 9.17) is 0 Å². The molecule has 0 aliphatic carbocycles. The highest BCUT2D eigenvalue weighted by Crippen LogP contribution is 2.14. The second-order valence-corrected chi connectivity index (χ2v) is 8.87. The average molecular weight is 444 g/mol. The molecule has 0 aliphatic heterocycles. The number of carbonyl (C=O) groups is 2. The van der Waals surface area contributed by atoms with Gasteiger partial charge in [-0.25, -0.2) is 0 Å². The van der Waals surface area contributed by atoms with Gasteiger partial charge in [0, 0.05) is 28.2 Å². The van der Waals surface area contributed by atoms with Gasteiger partial charge in [-0.15, -0.1) is 0 Å². The molecule has 0 N–H and O–H groups in total. The largest absolute Gasteiger partial charge is 0.348 e. The second kappa shape index (κ2) is 12.3. The Morgan fingerprint density at radius 3 is 1.09 bits per heavy atom. The average Bonchev–Trinajstić information content (AvgIpc) is 2.35. The third-order valence-corrected chi connectivity index (χ3v) is 4.31. The lowest BCUT2D eigenvalue weighted by atomic mass is 10.1. The van der Waals surface area contributed by atoms with Crippen LogP contribution in [0.5, 0.6) is 0 Å². The summed E-state index contributed by atoms with van der Waals surface area (Å²) in [6, 6.07) is 0. The number of halogens is 2. The van der Waals surface area contributed by atoms with Crippen LogP contribution >= 0.6 is 31.9 Å². The van der Waals surface area contributed by atoms with Crippen LogP contribution < -0.4 is 0 Å². The molecule has 0 saturated carbocycles. The van der Waals surface area contributed by atoms with Gasteiger partial charge in [0.05, 0.1) is 9.65 Å². The Kier molecular flexibility index (Phi) is 13.5. The van der Waals surface area contributed by atoms with E-state index in [0.29, 0.717) is 11.8 Å². The van der Waals surface area contributed by atoms with Crippen molar-refractivity contribution in [2.45, 2.75) is 50.2 Å². The summed E-state index contributed by atoms with van der Waals surface area (Å²) >= 11 is 6.71. The molecule has 2 atom stereocenters. The third-order valence-electron chi connectivity index (χ3n) is 2.77. The highest BCUT2D eigenvalue weighted by molar-refractivity contribution is 9.10. The van der Waals surface area contributed by atoms with Crippen molar-refractivity contribution in [3.63, 3.8) is 0 Å². The molecule has 0 unspecified atom stereocenters. The molecular weight excluding hydrogens is 412 g/mol. The number of rotatable bonds is 6. The lowest BCUT2D eigenvalue weighted by Gasteiger charge is -2.16. The Hall–Kier alpha value is -0.100. The molecule has 0 aromatic rings. The maximum atomic E-state index is 11.3. The first-order valence-corrected chi connectivity index (χ1v) is 9.43. The molecule has 22 heavy (non-hydrogen) atoms. The summed E-state index contributed by atoms with van der Waals surface area (Å²) in [4.78, 5) is 25.7. The SMILES string of the molecule is CC(C)C[C@@H](Br)C(=O)N(C)C.CC(C)C[C@H](Br)C(=O)N(C)C. The number of alkyl halides is 2. The van der Waals surface area contributed by atoms with Crippen LogP contribution in [0.1, 0.15) is 40.5 Å². The lowest BCUT2D eigenvalue weighted by molar-refractivity contribution is -0.128. The normalized spacial score (nSPS) is 13.3. The molecule has 0 aliphatic rings. The first kappa shape index (κ1) is 24.2. The molecule has 0 aromatic heterocycles. The van der Waals surface area contributed by atoms with Gasteiger partial charge in [-0.2, -0.15) is 0 Å². The standard InChI is InChI=1S/2C8H16BrNO/c2*1-6(2)5-7(9)8(11)10(3)4/h2*6-7H,5H2,1-4H3/t2*7-/m10/s1. The Bertz CT molecular complexity index is 300. The summed E-state index contributed by atoms with van der Waals surface area (Å²) in [5.74, 6) is 1.42. The van der Waals surface area contributed by atoms with Crippen molar-refractivity contribution in [1.29, 1.82) is 0 Å². The van der Waals surface area contributed by atoms with E-state index in [-0.39, 0.29) is 21.5 Å². The number of hydrogen-bond acceptors (Lipinski definition) is 2. The monoisotopic (exact) mass is 442 g/mol. The minimum Gasteiger partial charge on any atom is -0.348 e. The van der Waals surface area contributed by atoms with Gasteiger partial charge in [0.15, 0.2) is 0 Å². The van der Waals surface area contributed by atoms with Gasteiger partial charge in [-0.3, -0.25) is 9.59 Å². The molecule has 0 saturated heterocycles. The second-order valence-electron chi connectivity index (χ2n) is 6.66. The van der Waals surface area contributed by atoms with Crippen LogP contribution in [-0.4, -0.2) is 59.5 Å². The summed E-state index contributed by atoms with van der Waals surface area (Å²) in [5.41, 5.74) is 0. The minimum absolute atomic E-state index is 0.0162. The first-order valence-electron chi connectivity index (χ1n) is 7.60. The summed E-state index contributed by atoms with van der Waals surface area (Å²) in [6.45, 7) is 8.43. The van der Waals surface area contributed by atoms with Gasteiger partial charge in [0.25, 0.3) is 0 Å². The quantitative estimate of drug-likeness (QED) is 0.586. The fraction of sp³-hybridized carbons (Fsp3) is 0.875. The maximum absolute atomic E-state index is 11.3. The smallest absolute Gasteiger partial charge is 0.235 e. The zero-order valence-corrected chi connectivity index (χ0v) is 18.4. The Labute approximate surface area is 153 Å². The maximum Gasteiger partial charge on any atom is 0.235 e. The molecule has 0 spiro atoms. The van der Waals surface area contributed by atoms with Gasteiger partial charge in [-0.05, 0) is 24.7 Å². The molecule has 0 radical (unpaired) electrons. The zero-order chi connectivity index (χ0) is 18.0. The third kappa shape index (κ3) is 12.4. The summed E-state index contributed by atoms with van der Waals surface area (Å²) in [7, 11) is 7.10.